The molecule has 0 aromatic carbocycles. The Labute approximate surface area is 87.5 Å². The number of unbranched alkanes of at least 4 members (excludes halogenated alkanes) is 1. The van der Waals surface area contributed by atoms with E-state index >= 15 is 0 Å². The molecular formula is C12H23NO. The van der Waals surface area contributed by atoms with Crippen molar-refractivity contribution in [3.63, 3.8) is 0 Å². The Morgan fingerprint density at radius 3 is 2.43 bits per heavy atom. The van der Waals surface area contributed by atoms with Crippen LogP contribution in [0.3, 0.4) is 0 Å². The predicted molar refractivity (Wildman–Crippen MR) is 59.4 cm³/mol. The van der Waals surface area contributed by atoms with Crippen LogP contribution in [0.4, 0.5) is 0 Å². The zero-order valence-corrected chi connectivity index (χ0v) is 9.57. The molecule has 1 rings (SSSR count). The van der Waals surface area contributed by atoms with E-state index in [-0.39, 0.29) is 5.41 Å². The number of carbonyl (C=O) groups is 1. The highest BCUT2D eigenvalue weighted by Gasteiger charge is 2.36. The normalized spacial score (nSPS) is 20.7. The Kier molecular flexibility index (Phi) is 4.59. The minimum Gasteiger partial charge on any atom is -0.317 e. The quantitative estimate of drug-likeness (QED) is 0.733. The van der Waals surface area contributed by atoms with Crippen molar-refractivity contribution in [1.29, 1.82) is 0 Å². The van der Waals surface area contributed by atoms with Crippen LogP contribution in [-0.4, -0.2) is 18.9 Å². The Balaban J connectivity index is 2.53. The van der Waals surface area contributed by atoms with Gasteiger partial charge in [-0.1, -0.05) is 20.3 Å². The highest BCUT2D eigenvalue weighted by Crippen LogP contribution is 2.34. The van der Waals surface area contributed by atoms with E-state index in [2.05, 4.69) is 19.2 Å². The van der Waals surface area contributed by atoms with Crippen LogP contribution in [0.2, 0.25) is 0 Å². The molecule has 0 aromatic rings. The summed E-state index contributed by atoms with van der Waals surface area (Å²) in [5.74, 6) is 0.517. The third-order valence-corrected chi connectivity index (χ3v) is 3.59. The van der Waals surface area contributed by atoms with Gasteiger partial charge in [-0.2, -0.15) is 0 Å². The Bertz CT molecular complexity index is 183. The first-order valence-electron chi connectivity index (χ1n) is 5.99. The van der Waals surface area contributed by atoms with Gasteiger partial charge in [-0.15, -0.1) is 0 Å². The number of hydrogen-bond donors (Lipinski definition) is 1. The molecule has 1 heterocycles. The molecule has 2 heteroatoms. The molecule has 1 saturated heterocycles. The van der Waals surface area contributed by atoms with E-state index in [0.29, 0.717) is 5.78 Å². The van der Waals surface area contributed by atoms with Crippen LogP contribution >= 0.6 is 0 Å². The molecule has 1 aliphatic heterocycles. The lowest BCUT2D eigenvalue weighted by Gasteiger charge is -2.35. The van der Waals surface area contributed by atoms with Crippen LogP contribution in [0.1, 0.15) is 52.4 Å². The SMILES string of the molecule is CCCCC(=O)C1(CC)CCNCC1. The summed E-state index contributed by atoms with van der Waals surface area (Å²) in [6.45, 7) is 6.35. The first kappa shape index (κ1) is 11.7. The van der Waals surface area contributed by atoms with Crippen molar-refractivity contribution in [1.82, 2.24) is 5.32 Å². The summed E-state index contributed by atoms with van der Waals surface area (Å²) >= 11 is 0. The Hall–Kier alpha value is -0.370. The maximum Gasteiger partial charge on any atom is 0.139 e. The number of nitrogens with one attached hydrogen (secondary N) is 1. The smallest absolute Gasteiger partial charge is 0.139 e. The molecule has 2 nitrogen and oxygen atoms in total. The highest BCUT2D eigenvalue weighted by atomic mass is 16.1. The topological polar surface area (TPSA) is 29.1 Å². The van der Waals surface area contributed by atoms with Gasteiger partial charge in [-0.05, 0) is 38.8 Å². The molecule has 0 aliphatic carbocycles. The van der Waals surface area contributed by atoms with Crippen LogP contribution in [0, 0.1) is 5.41 Å². The molecular weight excluding hydrogens is 174 g/mol. The molecule has 0 aromatic heterocycles. The van der Waals surface area contributed by atoms with Crippen molar-refractivity contribution < 1.29 is 4.79 Å². The molecule has 0 unspecified atom stereocenters. The standard InChI is InChI=1S/C12H23NO/c1-3-5-6-11(14)12(4-2)7-9-13-10-8-12/h13H,3-10H2,1-2H3. The lowest BCUT2D eigenvalue weighted by atomic mass is 9.72. The first-order valence-corrected chi connectivity index (χ1v) is 5.99. The zero-order valence-electron chi connectivity index (χ0n) is 9.57. The molecule has 1 aliphatic rings. The lowest BCUT2D eigenvalue weighted by Crippen LogP contribution is -2.41. The predicted octanol–water partition coefficient (Wildman–Crippen LogP) is 2.53. The molecule has 82 valence electrons. The number of ketones is 1. The van der Waals surface area contributed by atoms with Crippen LogP contribution in [-0.2, 0) is 4.79 Å². The largest absolute Gasteiger partial charge is 0.317 e. The van der Waals surface area contributed by atoms with Gasteiger partial charge in [0.05, 0.1) is 0 Å². The average molecular weight is 197 g/mol. The second-order valence-electron chi connectivity index (χ2n) is 4.41. The summed E-state index contributed by atoms with van der Waals surface area (Å²) in [6, 6.07) is 0. The fourth-order valence-electron chi connectivity index (χ4n) is 2.34. The van der Waals surface area contributed by atoms with Crippen molar-refractivity contribution >= 4 is 5.78 Å². The van der Waals surface area contributed by atoms with Crippen molar-refractivity contribution in [2.75, 3.05) is 13.1 Å². The molecule has 0 radical (unpaired) electrons. The Morgan fingerprint density at radius 1 is 1.29 bits per heavy atom. The zero-order chi connectivity index (χ0) is 10.4. The van der Waals surface area contributed by atoms with Crippen LogP contribution < -0.4 is 5.32 Å². The van der Waals surface area contributed by atoms with Crippen LogP contribution in [0.5, 0.6) is 0 Å². The summed E-state index contributed by atoms with van der Waals surface area (Å²) in [7, 11) is 0. The van der Waals surface area contributed by atoms with Crippen molar-refractivity contribution in [2.45, 2.75) is 52.4 Å². The maximum absolute atomic E-state index is 12.1. The van der Waals surface area contributed by atoms with Crippen LogP contribution in [0.15, 0.2) is 0 Å². The van der Waals surface area contributed by atoms with Crippen molar-refractivity contribution in [3.05, 3.63) is 0 Å². The van der Waals surface area contributed by atoms with Gasteiger partial charge in [0.1, 0.15) is 5.78 Å². The van der Waals surface area contributed by atoms with Crippen LogP contribution in [0.25, 0.3) is 0 Å². The third-order valence-electron chi connectivity index (χ3n) is 3.59. The van der Waals surface area contributed by atoms with Crippen molar-refractivity contribution in [2.24, 2.45) is 5.41 Å². The maximum atomic E-state index is 12.1. The highest BCUT2D eigenvalue weighted by molar-refractivity contribution is 5.84. The van der Waals surface area contributed by atoms with E-state index in [1.807, 2.05) is 0 Å². The molecule has 0 atom stereocenters. The summed E-state index contributed by atoms with van der Waals surface area (Å²) in [6.07, 6.45) is 6.11. The second kappa shape index (κ2) is 5.50. The number of Topliss-reactive ketones (excluding diaryl/α,β-unsaturated/α-hetero) is 1. The van der Waals surface area contributed by atoms with Crippen molar-refractivity contribution in [3.8, 4) is 0 Å². The van der Waals surface area contributed by atoms with E-state index in [0.717, 1.165) is 51.6 Å². The number of rotatable bonds is 5. The van der Waals surface area contributed by atoms with E-state index in [1.54, 1.807) is 0 Å². The van der Waals surface area contributed by atoms with Gasteiger partial charge in [0.25, 0.3) is 0 Å². The molecule has 0 spiro atoms. The van der Waals surface area contributed by atoms with E-state index in [9.17, 15) is 4.79 Å². The summed E-state index contributed by atoms with van der Waals surface area (Å²) in [5.41, 5.74) is 0.0282. The first-order chi connectivity index (χ1) is 6.75. The molecule has 0 bridgehead atoms. The number of piperidine rings is 1. The molecule has 14 heavy (non-hydrogen) atoms. The fourth-order valence-corrected chi connectivity index (χ4v) is 2.34. The van der Waals surface area contributed by atoms with Gasteiger partial charge >= 0.3 is 0 Å². The van der Waals surface area contributed by atoms with Gasteiger partial charge in [0.2, 0.25) is 0 Å². The van der Waals surface area contributed by atoms with E-state index < -0.39 is 0 Å². The Morgan fingerprint density at radius 2 is 1.93 bits per heavy atom. The molecule has 0 amide bonds. The summed E-state index contributed by atoms with van der Waals surface area (Å²) in [4.78, 5) is 12.1. The van der Waals surface area contributed by atoms with E-state index in [1.165, 1.54) is 0 Å². The molecule has 0 saturated carbocycles. The fraction of sp³-hybridized carbons (Fsp3) is 0.917. The minimum atomic E-state index is 0.0282. The van der Waals surface area contributed by atoms with Gasteiger partial charge in [0.15, 0.2) is 0 Å². The second-order valence-corrected chi connectivity index (χ2v) is 4.41. The summed E-state index contributed by atoms with van der Waals surface area (Å²) < 4.78 is 0. The average Bonchev–Trinajstić information content (AvgIpc) is 2.26. The molecule has 1 N–H and O–H groups in total. The number of carbonyl (C=O) groups excluding carboxylic acids is 1. The third kappa shape index (κ3) is 2.57. The number of hydrogen-bond acceptors (Lipinski definition) is 2. The minimum absolute atomic E-state index is 0.0282. The van der Waals surface area contributed by atoms with Gasteiger partial charge in [0, 0.05) is 11.8 Å². The van der Waals surface area contributed by atoms with Gasteiger partial charge in [-0.25, -0.2) is 0 Å². The van der Waals surface area contributed by atoms with Gasteiger partial charge in [-0.3, -0.25) is 4.79 Å². The van der Waals surface area contributed by atoms with E-state index in [4.69, 9.17) is 0 Å². The lowest BCUT2D eigenvalue weighted by molar-refractivity contribution is -0.130. The monoisotopic (exact) mass is 197 g/mol. The summed E-state index contributed by atoms with van der Waals surface area (Å²) in [5, 5.41) is 3.33. The van der Waals surface area contributed by atoms with Gasteiger partial charge < -0.3 is 5.32 Å². The molecule has 1 fully saturated rings.